The Bertz CT molecular complexity index is 864. The average molecular weight is 398 g/mol. The number of hydrogen-bond acceptors (Lipinski definition) is 3. The number of carbonyl (C=O) groups excluding carboxylic acids is 1. The lowest BCUT2D eigenvalue weighted by molar-refractivity contribution is -0.136. The van der Waals surface area contributed by atoms with Gasteiger partial charge in [0.15, 0.2) is 0 Å². The molecule has 0 aliphatic heterocycles. The van der Waals surface area contributed by atoms with Gasteiger partial charge in [0.05, 0.1) is 11.4 Å². The van der Waals surface area contributed by atoms with Crippen molar-refractivity contribution in [2.45, 2.75) is 71.8 Å². The molecule has 3 rings (SSSR count). The van der Waals surface area contributed by atoms with Crippen molar-refractivity contribution < 1.29 is 14.7 Å². The van der Waals surface area contributed by atoms with Crippen molar-refractivity contribution in [1.82, 2.24) is 14.7 Å². The van der Waals surface area contributed by atoms with Gasteiger partial charge in [-0.3, -0.25) is 9.59 Å². The molecule has 1 aromatic carbocycles. The summed E-state index contributed by atoms with van der Waals surface area (Å²) in [4.78, 5) is 26.0. The standard InChI is InChI=1S/C23H31N3O3/c1-4-25(19-8-6-5-7-9-19)23(29)18-10-12-20(13-11-18)26-17(3)21(16(2)24-26)14-15-22(27)28/h10-13,19H,4-9,14-15H2,1-3H3,(H,27,28). The predicted molar refractivity (Wildman–Crippen MR) is 113 cm³/mol. The van der Waals surface area contributed by atoms with Gasteiger partial charge in [-0.15, -0.1) is 0 Å². The van der Waals surface area contributed by atoms with Crippen LogP contribution in [0, 0.1) is 13.8 Å². The van der Waals surface area contributed by atoms with Gasteiger partial charge < -0.3 is 10.0 Å². The Kier molecular flexibility index (Phi) is 6.72. The van der Waals surface area contributed by atoms with Gasteiger partial charge in [-0.1, -0.05) is 19.3 Å². The van der Waals surface area contributed by atoms with Crippen molar-refractivity contribution in [2.75, 3.05) is 6.54 Å². The zero-order valence-electron chi connectivity index (χ0n) is 17.6. The molecule has 1 saturated carbocycles. The second-order valence-electron chi connectivity index (χ2n) is 7.88. The minimum Gasteiger partial charge on any atom is -0.481 e. The third-order valence-electron chi connectivity index (χ3n) is 6.01. The zero-order chi connectivity index (χ0) is 21.0. The molecule has 1 N–H and O–H groups in total. The largest absolute Gasteiger partial charge is 0.481 e. The number of aliphatic carboxylic acids is 1. The van der Waals surface area contributed by atoms with Gasteiger partial charge in [-0.25, -0.2) is 4.68 Å². The summed E-state index contributed by atoms with van der Waals surface area (Å²) in [7, 11) is 0. The average Bonchev–Trinajstić information content (AvgIpc) is 3.01. The van der Waals surface area contributed by atoms with Crippen LogP contribution < -0.4 is 0 Å². The maximum Gasteiger partial charge on any atom is 0.303 e. The molecule has 0 radical (unpaired) electrons. The highest BCUT2D eigenvalue weighted by Crippen LogP contribution is 2.25. The van der Waals surface area contributed by atoms with Crippen LogP contribution in [0.5, 0.6) is 0 Å². The van der Waals surface area contributed by atoms with Crippen LogP contribution >= 0.6 is 0 Å². The number of aryl methyl sites for hydroxylation is 1. The highest BCUT2D eigenvalue weighted by Gasteiger charge is 2.25. The Morgan fingerprint density at radius 1 is 1.14 bits per heavy atom. The molecule has 1 fully saturated rings. The van der Waals surface area contributed by atoms with Crippen LogP contribution in [-0.2, 0) is 11.2 Å². The molecule has 156 valence electrons. The third-order valence-corrected chi connectivity index (χ3v) is 6.01. The van der Waals surface area contributed by atoms with Crippen LogP contribution in [0.2, 0.25) is 0 Å². The Hall–Kier alpha value is -2.63. The molecule has 0 atom stereocenters. The second-order valence-corrected chi connectivity index (χ2v) is 7.88. The summed E-state index contributed by atoms with van der Waals surface area (Å²) in [6, 6.07) is 7.94. The molecule has 1 amide bonds. The monoisotopic (exact) mass is 397 g/mol. The first kappa shape index (κ1) is 21.1. The minimum atomic E-state index is -0.808. The van der Waals surface area contributed by atoms with Crippen molar-refractivity contribution in [2.24, 2.45) is 0 Å². The number of carbonyl (C=O) groups is 2. The van der Waals surface area contributed by atoms with E-state index in [-0.39, 0.29) is 12.3 Å². The number of benzene rings is 1. The fraction of sp³-hybridized carbons (Fsp3) is 0.522. The van der Waals surface area contributed by atoms with Crippen molar-refractivity contribution in [3.63, 3.8) is 0 Å². The van der Waals surface area contributed by atoms with E-state index < -0.39 is 5.97 Å². The quantitative estimate of drug-likeness (QED) is 0.756. The van der Waals surface area contributed by atoms with E-state index in [0.29, 0.717) is 18.0 Å². The fourth-order valence-electron chi connectivity index (χ4n) is 4.39. The highest BCUT2D eigenvalue weighted by molar-refractivity contribution is 5.94. The number of aromatic nitrogens is 2. The molecule has 1 aliphatic rings. The van der Waals surface area contributed by atoms with E-state index in [4.69, 9.17) is 5.11 Å². The minimum absolute atomic E-state index is 0.0921. The van der Waals surface area contributed by atoms with Crippen LogP contribution in [0.1, 0.15) is 72.8 Å². The van der Waals surface area contributed by atoms with Crippen LogP contribution in [-0.4, -0.2) is 44.3 Å². The molecule has 0 unspecified atom stereocenters. The lowest BCUT2D eigenvalue weighted by Crippen LogP contribution is -2.41. The summed E-state index contributed by atoms with van der Waals surface area (Å²) >= 11 is 0. The molecule has 6 nitrogen and oxygen atoms in total. The van der Waals surface area contributed by atoms with Crippen molar-refractivity contribution >= 4 is 11.9 Å². The Morgan fingerprint density at radius 2 is 1.79 bits per heavy atom. The number of carboxylic acid groups (broad SMARTS) is 1. The summed E-state index contributed by atoms with van der Waals surface area (Å²) in [5.74, 6) is -0.709. The Labute approximate surface area is 172 Å². The topological polar surface area (TPSA) is 75.4 Å². The number of amides is 1. The van der Waals surface area contributed by atoms with Gasteiger partial charge in [0.2, 0.25) is 0 Å². The van der Waals surface area contributed by atoms with E-state index in [2.05, 4.69) is 12.0 Å². The van der Waals surface area contributed by atoms with E-state index >= 15 is 0 Å². The van der Waals surface area contributed by atoms with E-state index in [0.717, 1.165) is 42.0 Å². The number of rotatable bonds is 7. The Balaban J connectivity index is 1.78. The van der Waals surface area contributed by atoms with Gasteiger partial charge >= 0.3 is 5.97 Å². The van der Waals surface area contributed by atoms with Crippen molar-refractivity contribution in [1.29, 1.82) is 0 Å². The molecular weight excluding hydrogens is 366 g/mol. The molecule has 2 aromatic rings. The molecule has 0 saturated heterocycles. The van der Waals surface area contributed by atoms with E-state index in [1.54, 1.807) is 0 Å². The van der Waals surface area contributed by atoms with Crippen LogP contribution in [0.25, 0.3) is 5.69 Å². The number of nitrogens with zero attached hydrogens (tertiary/aromatic N) is 3. The third kappa shape index (κ3) is 4.69. The summed E-state index contributed by atoms with van der Waals surface area (Å²) in [6.07, 6.45) is 6.44. The van der Waals surface area contributed by atoms with Gasteiger partial charge in [-0.05, 0) is 69.9 Å². The van der Waals surface area contributed by atoms with Gasteiger partial charge in [0.25, 0.3) is 5.91 Å². The fourth-order valence-corrected chi connectivity index (χ4v) is 4.39. The first-order chi connectivity index (χ1) is 13.9. The molecule has 0 spiro atoms. The van der Waals surface area contributed by atoms with Crippen LogP contribution in [0.15, 0.2) is 24.3 Å². The Morgan fingerprint density at radius 3 is 2.38 bits per heavy atom. The molecule has 0 bridgehead atoms. The SMILES string of the molecule is CCN(C(=O)c1ccc(-n2nc(C)c(CCC(=O)O)c2C)cc1)C1CCCCC1. The molecule has 1 aliphatic carbocycles. The molecule has 29 heavy (non-hydrogen) atoms. The molecule has 1 heterocycles. The van der Waals surface area contributed by atoms with Gasteiger partial charge in [0.1, 0.15) is 0 Å². The second kappa shape index (κ2) is 9.25. The van der Waals surface area contributed by atoms with E-state index in [9.17, 15) is 9.59 Å². The maximum absolute atomic E-state index is 13.0. The number of hydrogen-bond donors (Lipinski definition) is 1. The van der Waals surface area contributed by atoms with Crippen molar-refractivity contribution in [3.8, 4) is 5.69 Å². The molecular formula is C23H31N3O3. The lowest BCUT2D eigenvalue weighted by Gasteiger charge is -2.33. The lowest BCUT2D eigenvalue weighted by atomic mass is 9.93. The summed E-state index contributed by atoms with van der Waals surface area (Å²) < 4.78 is 1.83. The van der Waals surface area contributed by atoms with Gasteiger partial charge in [0, 0.05) is 30.3 Å². The molecule has 6 heteroatoms. The van der Waals surface area contributed by atoms with E-state index in [1.165, 1.54) is 19.3 Å². The first-order valence-corrected chi connectivity index (χ1v) is 10.6. The summed E-state index contributed by atoms with van der Waals surface area (Å²) in [6.45, 7) is 6.64. The predicted octanol–water partition coefficient (Wildman–Crippen LogP) is 4.30. The summed E-state index contributed by atoms with van der Waals surface area (Å²) in [5, 5.41) is 13.5. The zero-order valence-corrected chi connectivity index (χ0v) is 17.6. The van der Waals surface area contributed by atoms with Crippen LogP contribution in [0.4, 0.5) is 0 Å². The smallest absolute Gasteiger partial charge is 0.303 e. The maximum atomic E-state index is 13.0. The van der Waals surface area contributed by atoms with Crippen LogP contribution in [0.3, 0.4) is 0 Å². The highest BCUT2D eigenvalue weighted by atomic mass is 16.4. The van der Waals surface area contributed by atoms with Gasteiger partial charge in [-0.2, -0.15) is 5.10 Å². The normalized spacial score (nSPS) is 14.7. The number of carboxylic acids is 1. The first-order valence-electron chi connectivity index (χ1n) is 10.6. The summed E-state index contributed by atoms with van der Waals surface area (Å²) in [5.41, 5.74) is 4.35. The van der Waals surface area contributed by atoms with E-state index in [1.807, 2.05) is 47.7 Å². The molecule has 1 aromatic heterocycles. The van der Waals surface area contributed by atoms with Crippen molar-refractivity contribution in [3.05, 3.63) is 46.8 Å².